The maximum atomic E-state index is 12.6. The predicted octanol–water partition coefficient (Wildman–Crippen LogP) is 2.02. The number of rotatable bonds is 4. The Hall–Kier alpha value is -1.90. The van der Waals surface area contributed by atoms with E-state index in [9.17, 15) is 8.42 Å². The molecule has 0 aliphatic heterocycles. The molecule has 0 aromatic carbocycles. The lowest BCUT2D eigenvalue weighted by molar-refractivity contribution is 0.563. The molecule has 0 amide bonds. The minimum absolute atomic E-state index is 0.00813. The van der Waals surface area contributed by atoms with Crippen LogP contribution in [0.4, 0.5) is 5.82 Å². The minimum Gasteiger partial charge on any atom is -0.381 e. The highest BCUT2D eigenvalue weighted by atomic mass is 32.2. The van der Waals surface area contributed by atoms with E-state index in [4.69, 9.17) is 5.73 Å². The van der Waals surface area contributed by atoms with E-state index in [1.807, 2.05) is 16.8 Å². The number of nitrogen functional groups attached to an aromatic ring is 1. The number of imidazole rings is 1. The fraction of sp³-hybridized carbons (Fsp3) is 0.154. The average Bonchev–Trinajstić information content (AvgIpc) is 3.04. The Morgan fingerprint density at radius 1 is 1.38 bits per heavy atom. The molecule has 1 atom stereocenters. The van der Waals surface area contributed by atoms with Crippen molar-refractivity contribution in [2.75, 3.05) is 5.73 Å². The van der Waals surface area contributed by atoms with Gasteiger partial charge >= 0.3 is 0 Å². The van der Waals surface area contributed by atoms with Crippen LogP contribution < -0.4 is 10.5 Å². The van der Waals surface area contributed by atoms with E-state index in [0.29, 0.717) is 5.65 Å². The first-order chi connectivity index (χ1) is 9.99. The second kappa shape index (κ2) is 5.14. The molecule has 3 rings (SSSR count). The van der Waals surface area contributed by atoms with Gasteiger partial charge in [-0.25, -0.2) is 18.1 Å². The predicted molar refractivity (Wildman–Crippen MR) is 82.7 cm³/mol. The Morgan fingerprint density at radius 3 is 2.90 bits per heavy atom. The van der Waals surface area contributed by atoms with Crippen molar-refractivity contribution in [1.29, 1.82) is 0 Å². The van der Waals surface area contributed by atoms with E-state index >= 15 is 0 Å². The number of pyridine rings is 1. The van der Waals surface area contributed by atoms with Gasteiger partial charge in [0.2, 0.25) is 0 Å². The van der Waals surface area contributed by atoms with Crippen molar-refractivity contribution in [2.45, 2.75) is 18.0 Å². The van der Waals surface area contributed by atoms with Crippen molar-refractivity contribution in [1.82, 2.24) is 14.1 Å². The van der Waals surface area contributed by atoms with Crippen LogP contribution in [0.5, 0.6) is 0 Å². The van der Waals surface area contributed by atoms with Gasteiger partial charge in [0.1, 0.15) is 5.65 Å². The molecule has 21 heavy (non-hydrogen) atoms. The molecule has 3 aromatic heterocycles. The number of nitrogens with zero attached hydrogens (tertiary/aromatic N) is 2. The molecule has 3 heterocycles. The van der Waals surface area contributed by atoms with E-state index in [-0.39, 0.29) is 16.9 Å². The van der Waals surface area contributed by atoms with Crippen molar-refractivity contribution in [2.24, 2.45) is 0 Å². The van der Waals surface area contributed by atoms with Crippen LogP contribution in [-0.2, 0) is 10.0 Å². The first-order valence-corrected chi connectivity index (χ1v) is 8.68. The minimum atomic E-state index is -3.77. The summed E-state index contributed by atoms with van der Waals surface area (Å²) in [7, 11) is -3.77. The third-order valence-corrected chi connectivity index (χ3v) is 5.42. The Bertz CT molecular complexity index is 869. The van der Waals surface area contributed by atoms with Crippen molar-refractivity contribution >= 4 is 32.8 Å². The lowest BCUT2D eigenvalue weighted by Gasteiger charge is -2.13. The van der Waals surface area contributed by atoms with Crippen LogP contribution in [0.15, 0.2) is 46.2 Å². The molecule has 1 unspecified atom stereocenters. The number of sulfonamides is 1. The molecule has 0 spiro atoms. The standard InChI is InChI=1S/C13H14N4O2S2/c1-9(10-5-7-20-8-10)16-21(18,19)13-12(14)15-11-4-2-3-6-17(11)13/h2-9,16H,14H2,1H3. The lowest BCUT2D eigenvalue weighted by Crippen LogP contribution is -2.28. The first kappa shape index (κ1) is 14.1. The molecule has 0 aliphatic carbocycles. The number of hydrogen-bond donors (Lipinski definition) is 2. The fourth-order valence-corrected chi connectivity index (χ4v) is 4.34. The molecule has 0 fully saturated rings. The van der Waals surface area contributed by atoms with Crippen LogP contribution in [0.25, 0.3) is 5.65 Å². The highest BCUT2D eigenvalue weighted by molar-refractivity contribution is 7.89. The van der Waals surface area contributed by atoms with Gasteiger partial charge in [-0.3, -0.25) is 4.40 Å². The molecule has 8 heteroatoms. The molecule has 0 saturated heterocycles. The molecule has 0 radical (unpaired) electrons. The number of hydrogen-bond acceptors (Lipinski definition) is 5. The van der Waals surface area contributed by atoms with Gasteiger partial charge < -0.3 is 5.73 Å². The summed E-state index contributed by atoms with van der Waals surface area (Å²) >= 11 is 1.52. The molecule has 110 valence electrons. The highest BCUT2D eigenvalue weighted by Crippen LogP contribution is 2.23. The van der Waals surface area contributed by atoms with Gasteiger partial charge in [-0.2, -0.15) is 11.3 Å². The van der Waals surface area contributed by atoms with E-state index < -0.39 is 10.0 Å². The summed E-state index contributed by atoms with van der Waals surface area (Å²) < 4.78 is 29.3. The van der Waals surface area contributed by atoms with E-state index in [2.05, 4.69) is 9.71 Å². The molecule has 0 bridgehead atoms. The number of thiophene rings is 1. The lowest BCUT2D eigenvalue weighted by atomic mass is 10.2. The summed E-state index contributed by atoms with van der Waals surface area (Å²) in [5, 5.41) is 3.79. The highest BCUT2D eigenvalue weighted by Gasteiger charge is 2.26. The summed E-state index contributed by atoms with van der Waals surface area (Å²) in [4.78, 5) is 4.07. The summed E-state index contributed by atoms with van der Waals surface area (Å²) in [5.74, 6) is -0.00813. The fourth-order valence-electron chi connectivity index (χ4n) is 2.14. The van der Waals surface area contributed by atoms with Gasteiger partial charge in [0.05, 0.1) is 0 Å². The van der Waals surface area contributed by atoms with Crippen LogP contribution in [-0.4, -0.2) is 17.8 Å². The maximum Gasteiger partial charge on any atom is 0.260 e. The Morgan fingerprint density at radius 2 is 2.19 bits per heavy atom. The Kier molecular flexibility index (Phi) is 3.44. The van der Waals surface area contributed by atoms with Crippen molar-refractivity contribution in [3.63, 3.8) is 0 Å². The number of nitrogens with one attached hydrogen (secondary N) is 1. The van der Waals surface area contributed by atoms with Crippen LogP contribution in [0.1, 0.15) is 18.5 Å². The van der Waals surface area contributed by atoms with E-state index in [1.165, 1.54) is 15.7 Å². The number of fused-ring (bicyclic) bond motifs is 1. The van der Waals surface area contributed by atoms with Crippen molar-refractivity contribution in [3.05, 3.63) is 46.8 Å². The zero-order valence-corrected chi connectivity index (χ0v) is 12.9. The Balaban J connectivity index is 2.03. The zero-order valence-electron chi connectivity index (χ0n) is 11.2. The zero-order chi connectivity index (χ0) is 15.0. The van der Waals surface area contributed by atoms with Gasteiger partial charge in [0.15, 0.2) is 10.8 Å². The summed E-state index contributed by atoms with van der Waals surface area (Å²) in [6, 6.07) is 6.76. The SMILES string of the molecule is CC(NS(=O)(=O)c1c(N)nc2ccccn12)c1ccsc1. The third-order valence-electron chi connectivity index (χ3n) is 3.14. The molecule has 3 aromatic rings. The van der Waals surface area contributed by atoms with Crippen molar-refractivity contribution < 1.29 is 8.42 Å². The van der Waals surface area contributed by atoms with E-state index in [1.54, 1.807) is 31.3 Å². The third kappa shape index (κ3) is 2.53. The van der Waals surface area contributed by atoms with Gasteiger partial charge in [0.25, 0.3) is 10.0 Å². The first-order valence-electron chi connectivity index (χ1n) is 6.26. The van der Waals surface area contributed by atoms with Crippen molar-refractivity contribution in [3.8, 4) is 0 Å². The summed E-state index contributed by atoms with van der Waals surface area (Å²) in [5.41, 5.74) is 7.20. The average molecular weight is 322 g/mol. The second-order valence-electron chi connectivity index (χ2n) is 4.63. The smallest absolute Gasteiger partial charge is 0.260 e. The molecule has 3 N–H and O–H groups in total. The molecule has 6 nitrogen and oxygen atoms in total. The number of nitrogens with two attached hydrogens (primary N) is 1. The number of aromatic nitrogens is 2. The molecular weight excluding hydrogens is 308 g/mol. The molecular formula is C13H14N4O2S2. The summed E-state index contributed by atoms with van der Waals surface area (Å²) in [6.07, 6.45) is 1.63. The number of anilines is 1. The Labute approximate surface area is 126 Å². The second-order valence-corrected chi connectivity index (χ2v) is 7.04. The molecule has 0 saturated carbocycles. The monoisotopic (exact) mass is 322 g/mol. The van der Waals surface area contributed by atoms with E-state index in [0.717, 1.165) is 5.56 Å². The summed E-state index contributed by atoms with van der Waals surface area (Å²) in [6.45, 7) is 1.79. The van der Waals surface area contributed by atoms with Crippen LogP contribution >= 0.6 is 11.3 Å². The van der Waals surface area contributed by atoms with Gasteiger partial charge in [0, 0.05) is 12.2 Å². The quantitative estimate of drug-likeness (QED) is 0.769. The van der Waals surface area contributed by atoms with Gasteiger partial charge in [-0.05, 0) is 41.4 Å². The maximum absolute atomic E-state index is 12.6. The largest absolute Gasteiger partial charge is 0.381 e. The normalized spacial score (nSPS) is 13.6. The van der Waals surface area contributed by atoms with Gasteiger partial charge in [-0.15, -0.1) is 0 Å². The van der Waals surface area contributed by atoms with Crippen LogP contribution in [0.2, 0.25) is 0 Å². The van der Waals surface area contributed by atoms with Crippen LogP contribution in [0.3, 0.4) is 0 Å². The van der Waals surface area contributed by atoms with Gasteiger partial charge in [-0.1, -0.05) is 6.07 Å². The molecule has 0 aliphatic rings. The van der Waals surface area contributed by atoms with Crippen LogP contribution in [0, 0.1) is 0 Å². The topological polar surface area (TPSA) is 89.5 Å².